The van der Waals surface area contributed by atoms with Gasteiger partial charge in [-0.15, -0.1) is 0 Å². The van der Waals surface area contributed by atoms with Crippen molar-refractivity contribution in [3.63, 3.8) is 0 Å². The van der Waals surface area contributed by atoms with Gasteiger partial charge in [0.2, 0.25) is 0 Å². The topological polar surface area (TPSA) is 129 Å². The highest BCUT2D eigenvalue weighted by atomic mass is 35.5. The van der Waals surface area contributed by atoms with Crippen LogP contribution in [0.2, 0.25) is 5.02 Å². The molecular weight excluding hydrogens is 547 g/mol. The molecule has 41 heavy (non-hydrogen) atoms. The quantitative estimate of drug-likeness (QED) is 0.192. The lowest BCUT2D eigenvalue weighted by Crippen LogP contribution is -2.28. The van der Waals surface area contributed by atoms with Crippen LogP contribution < -0.4 is 21.5 Å². The van der Waals surface area contributed by atoms with Crippen LogP contribution in [-0.4, -0.2) is 51.6 Å². The second kappa shape index (κ2) is 9.74. The molecule has 0 amide bonds. The van der Waals surface area contributed by atoms with Gasteiger partial charge >= 0.3 is 5.97 Å². The zero-order chi connectivity index (χ0) is 29.2. The van der Waals surface area contributed by atoms with Gasteiger partial charge in [-0.05, 0) is 43.4 Å². The fourth-order valence-electron chi connectivity index (χ4n) is 5.74. The van der Waals surface area contributed by atoms with Gasteiger partial charge in [0.05, 0.1) is 27.3 Å². The van der Waals surface area contributed by atoms with Gasteiger partial charge in [-0.3, -0.25) is 9.20 Å². The predicted octanol–water partition coefficient (Wildman–Crippen LogP) is 5.48. The minimum Gasteiger partial charge on any atom is -0.477 e. The number of carbonyl (C=O) groups is 1. The molecule has 1 aliphatic rings. The molecule has 1 aromatic carbocycles. The van der Waals surface area contributed by atoms with E-state index in [0.29, 0.717) is 57.4 Å². The van der Waals surface area contributed by atoms with Crippen molar-refractivity contribution < 1.29 is 14.3 Å². The summed E-state index contributed by atoms with van der Waals surface area (Å²) in [6.45, 7) is 5.54. The van der Waals surface area contributed by atoms with E-state index >= 15 is 4.39 Å². The molecule has 5 aromatic rings. The van der Waals surface area contributed by atoms with Crippen LogP contribution in [0.1, 0.15) is 37.0 Å². The van der Waals surface area contributed by atoms with Gasteiger partial charge in [-0.1, -0.05) is 24.6 Å². The second-order valence-corrected chi connectivity index (χ2v) is 11.3. The molecule has 0 saturated heterocycles. The van der Waals surface area contributed by atoms with Gasteiger partial charge in [0.25, 0.3) is 5.56 Å². The van der Waals surface area contributed by atoms with Crippen molar-refractivity contribution in [3.8, 4) is 11.1 Å². The Morgan fingerprint density at radius 2 is 2.07 bits per heavy atom. The van der Waals surface area contributed by atoms with Crippen molar-refractivity contribution in [2.24, 2.45) is 11.1 Å². The molecule has 0 unspecified atom stereocenters. The Balaban J connectivity index is 1.66. The van der Waals surface area contributed by atoms with Crippen molar-refractivity contribution in [1.29, 1.82) is 0 Å². The van der Waals surface area contributed by atoms with Crippen LogP contribution >= 0.6 is 11.6 Å². The third-order valence-electron chi connectivity index (χ3n) is 8.50. The summed E-state index contributed by atoms with van der Waals surface area (Å²) in [5.41, 5.74) is 9.74. The fourth-order valence-corrected chi connectivity index (χ4v) is 5.99. The number of pyridine rings is 3. The van der Waals surface area contributed by atoms with E-state index in [2.05, 4.69) is 22.1 Å². The summed E-state index contributed by atoms with van der Waals surface area (Å²) in [7, 11) is 1.71. The number of fused-ring (bicyclic) bond motifs is 4. The number of rotatable bonds is 8. The average Bonchev–Trinajstić information content (AvgIpc) is 3.36. The molecule has 2 atom stereocenters. The standard InChI is InChI=1S/C30H30ClFN6O3/c1-4-37(10-9-30(2)12-21(30)33)26-18(15-5-6-16-7-8-17(29(40)41)28(39)38(16)14-15)13-35-27-23(26)22-24(31)19(32)11-20(34-3)25(22)36-27/h5-8,11,13-14,21,34H,4,9-10,12,33H2,1-3H3,(H,35,36)(H,40,41)/t21-,30+/m1/s1. The number of hydrogen-bond acceptors (Lipinski definition) is 6. The van der Waals surface area contributed by atoms with Crippen molar-refractivity contribution in [3.05, 3.63) is 69.5 Å². The van der Waals surface area contributed by atoms with Crippen molar-refractivity contribution in [1.82, 2.24) is 14.4 Å². The molecule has 0 radical (unpaired) electrons. The summed E-state index contributed by atoms with van der Waals surface area (Å²) >= 11 is 6.63. The van der Waals surface area contributed by atoms with E-state index in [1.54, 1.807) is 31.6 Å². The molecule has 4 aromatic heterocycles. The van der Waals surface area contributed by atoms with Crippen molar-refractivity contribution >= 4 is 56.4 Å². The van der Waals surface area contributed by atoms with Crippen LogP contribution in [0.25, 0.3) is 38.6 Å². The smallest absolute Gasteiger partial charge is 0.341 e. The zero-order valence-corrected chi connectivity index (χ0v) is 23.6. The van der Waals surface area contributed by atoms with Crippen LogP contribution in [0.4, 0.5) is 15.8 Å². The maximum absolute atomic E-state index is 15.1. The number of aromatic nitrogens is 3. The summed E-state index contributed by atoms with van der Waals surface area (Å²) in [6, 6.07) is 8.03. The third-order valence-corrected chi connectivity index (χ3v) is 8.87. The molecule has 4 heterocycles. The first-order valence-corrected chi connectivity index (χ1v) is 13.9. The number of halogens is 2. The second-order valence-electron chi connectivity index (χ2n) is 11.0. The third kappa shape index (κ3) is 4.29. The Bertz CT molecular complexity index is 1940. The number of aromatic amines is 1. The summed E-state index contributed by atoms with van der Waals surface area (Å²) in [5, 5.41) is 13.7. The van der Waals surface area contributed by atoms with E-state index in [9.17, 15) is 14.7 Å². The number of nitrogens with zero attached hydrogens (tertiary/aromatic N) is 3. The van der Waals surface area contributed by atoms with Crippen LogP contribution in [0.3, 0.4) is 0 Å². The number of nitrogens with one attached hydrogen (secondary N) is 2. The maximum Gasteiger partial charge on any atom is 0.341 e. The Morgan fingerprint density at radius 1 is 1.34 bits per heavy atom. The SMILES string of the molecule is CCN(CC[C@@]1(C)C[C@H]1N)c1c(-c2ccc3ccc(C(=O)O)c(=O)n3c2)cnc2[nH]c3c(NC)cc(F)c(Cl)c3c12. The number of H-pyrrole nitrogens is 1. The number of benzene rings is 1. The molecule has 6 rings (SSSR count). The highest BCUT2D eigenvalue weighted by Gasteiger charge is 2.47. The van der Waals surface area contributed by atoms with E-state index in [1.165, 1.54) is 16.5 Å². The lowest BCUT2D eigenvalue weighted by atomic mass is 10.00. The summed E-state index contributed by atoms with van der Waals surface area (Å²) in [4.78, 5) is 34.9. The number of anilines is 2. The van der Waals surface area contributed by atoms with Gasteiger partial charge in [0.15, 0.2) is 0 Å². The van der Waals surface area contributed by atoms with E-state index in [-0.39, 0.29) is 22.0 Å². The Morgan fingerprint density at radius 3 is 2.73 bits per heavy atom. The summed E-state index contributed by atoms with van der Waals surface area (Å²) in [6.07, 6.45) is 5.16. The lowest BCUT2D eigenvalue weighted by molar-refractivity contribution is 0.0694. The molecule has 0 bridgehead atoms. The number of nitrogens with two attached hydrogens (primary N) is 1. The molecule has 9 nitrogen and oxygen atoms in total. The summed E-state index contributed by atoms with van der Waals surface area (Å²) < 4.78 is 16.4. The van der Waals surface area contributed by atoms with E-state index < -0.39 is 17.3 Å². The minimum absolute atomic E-state index is 0.0153. The zero-order valence-electron chi connectivity index (χ0n) is 22.9. The highest BCUT2D eigenvalue weighted by Crippen LogP contribution is 2.49. The first kappa shape index (κ1) is 27.0. The van der Waals surface area contributed by atoms with Crippen LogP contribution in [0.15, 0.2) is 47.5 Å². The average molecular weight is 577 g/mol. The molecule has 0 aliphatic heterocycles. The normalized spacial score (nSPS) is 18.3. The molecule has 11 heteroatoms. The fraction of sp³-hybridized carbons (Fsp3) is 0.300. The van der Waals surface area contributed by atoms with Gasteiger partial charge in [-0.2, -0.15) is 0 Å². The number of aromatic carboxylic acids is 1. The molecule has 5 N–H and O–H groups in total. The number of hydrogen-bond donors (Lipinski definition) is 4. The Hall–Kier alpha value is -4.15. The molecule has 0 spiro atoms. The van der Waals surface area contributed by atoms with E-state index in [0.717, 1.165) is 18.5 Å². The van der Waals surface area contributed by atoms with Crippen LogP contribution in [0, 0.1) is 11.2 Å². The lowest BCUT2D eigenvalue weighted by Gasteiger charge is -2.28. The van der Waals surface area contributed by atoms with Crippen molar-refractivity contribution in [2.75, 3.05) is 30.4 Å². The van der Waals surface area contributed by atoms with Gasteiger partial charge in [0, 0.05) is 66.7 Å². The minimum atomic E-state index is -1.29. The molecule has 1 saturated carbocycles. The first-order chi connectivity index (χ1) is 19.6. The van der Waals surface area contributed by atoms with Gasteiger partial charge in [0.1, 0.15) is 17.0 Å². The Labute approximate surface area is 239 Å². The Kier molecular flexibility index (Phi) is 6.43. The molecule has 1 fully saturated rings. The highest BCUT2D eigenvalue weighted by molar-refractivity contribution is 6.39. The molecule has 212 valence electrons. The number of carboxylic acid groups (broad SMARTS) is 1. The predicted molar refractivity (Wildman–Crippen MR) is 161 cm³/mol. The van der Waals surface area contributed by atoms with E-state index in [1.807, 2.05) is 13.0 Å². The maximum atomic E-state index is 15.1. The monoisotopic (exact) mass is 576 g/mol. The van der Waals surface area contributed by atoms with Crippen LogP contribution in [0.5, 0.6) is 0 Å². The number of carboxylic acids is 1. The van der Waals surface area contributed by atoms with Crippen molar-refractivity contribution in [2.45, 2.75) is 32.7 Å². The summed E-state index contributed by atoms with van der Waals surface area (Å²) in [5.74, 6) is -1.85. The van der Waals surface area contributed by atoms with Gasteiger partial charge in [-0.25, -0.2) is 14.2 Å². The van der Waals surface area contributed by atoms with Crippen LogP contribution in [-0.2, 0) is 0 Å². The van der Waals surface area contributed by atoms with E-state index in [4.69, 9.17) is 22.3 Å². The van der Waals surface area contributed by atoms with Gasteiger partial charge < -0.3 is 26.0 Å². The molecular formula is C30H30ClFN6O3. The first-order valence-electron chi connectivity index (χ1n) is 13.5. The molecule has 1 aliphatic carbocycles. The largest absolute Gasteiger partial charge is 0.477 e.